The van der Waals surface area contributed by atoms with E-state index >= 15 is 0 Å². The van der Waals surface area contributed by atoms with Gasteiger partial charge in [-0.3, -0.25) is 5.32 Å². The highest BCUT2D eigenvalue weighted by Gasteiger charge is 2.30. The third-order valence-corrected chi connectivity index (χ3v) is 4.63. The summed E-state index contributed by atoms with van der Waals surface area (Å²) in [6.07, 6.45) is 1.16. The topological polar surface area (TPSA) is 91.2 Å². The van der Waals surface area contributed by atoms with Crippen LogP contribution in [0.3, 0.4) is 0 Å². The number of aromatic nitrogens is 4. The molecule has 3 aromatic rings. The van der Waals surface area contributed by atoms with Crippen LogP contribution < -0.4 is 10.1 Å². The SMILES string of the molecule is O=C(Nc1nnn(CC2CC2)n1)OC1c2ccccc2Oc2ccccc21. The van der Waals surface area contributed by atoms with Crippen LogP contribution in [0.1, 0.15) is 30.1 Å². The number of hydrogen-bond acceptors (Lipinski definition) is 6. The number of benzene rings is 2. The number of nitrogens with one attached hydrogen (secondary N) is 1. The molecule has 2 aromatic carbocycles. The standard InChI is InChI=1S/C19H17N5O3/c25-19(20-18-21-23-24(22-18)11-12-9-10-12)27-17-13-5-1-3-7-15(13)26-16-8-4-2-6-14(16)17/h1-8,12,17H,9-11H2,(H,20,22,25). The Hall–Kier alpha value is -3.42. The molecule has 1 aliphatic carbocycles. The van der Waals surface area contributed by atoms with Gasteiger partial charge >= 0.3 is 6.09 Å². The van der Waals surface area contributed by atoms with Crippen molar-refractivity contribution in [1.29, 1.82) is 0 Å². The number of fused-ring (bicyclic) bond motifs is 2. The zero-order valence-electron chi connectivity index (χ0n) is 14.4. The summed E-state index contributed by atoms with van der Waals surface area (Å²) in [6, 6.07) is 15.0. The van der Waals surface area contributed by atoms with E-state index in [1.165, 1.54) is 17.6 Å². The lowest BCUT2D eigenvalue weighted by atomic mass is 9.97. The second kappa shape index (κ2) is 6.39. The third kappa shape index (κ3) is 3.21. The quantitative estimate of drug-likeness (QED) is 0.762. The molecule has 8 heteroatoms. The van der Waals surface area contributed by atoms with Gasteiger partial charge in [0.1, 0.15) is 11.5 Å². The van der Waals surface area contributed by atoms with Crippen LogP contribution in [-0.2, 0) is 11.3 Å². The average molecular weight is 363 g/mol. The first-order chi connectivity index (χ1) is 13.3. The largest absolute Gasteiger partial charge is 0.456 e. The van der Waals surface area contributed by atoms with Crippen LogP contribution in [0.4, 0.5) is 10.7 Å². The zero-order valence-corrected chi connectivity index (χ0v) is 14.4. The fourth-order valence-electron chi connectivity index (χ4n) is 3.12. The number of nitrogens with zero attached hydrogens (tertiary/aromatic N) is 4. The first-order valence-electron chi connectivity index (χ1n) is 8.87. The molecule has 1 amide bonds. The van der Waals surface area contributed by atoms with Gasteiger partial charge in [-0.15, -0.1) is 5.10 Å². The molecule has 0 saturated heterocycles. The van der Waals surface area contributed by atoms with Gasteiger partial charge in [-0.25, -0.2) is 4.79 Å². The number of carbonyl (C=O) groups is 1. The summed E-state index contributed by atoms with van der Waals surface area (Å²) in [5.74, 6) is 2.09. The van der Waals surface area contributed by atoms with E-state index in [0.717, 1.165) is 17.7 Å². The van der Waals surface area contributed by atoms with Gasteiger partial charge in [-0.05, 0) is 36.1 Å². The molecule has 0 bridgehead atoms. The molecule has 5 rings (SSSR count). The lowest BCUT2D eigenvalue weighted by molar-refractivity contribution is 0.125. The molecule has 1 aromatic heterocycles. The maximum absolute atomic E-state index is 12.5. The number of amides is 1. The van der Waals surface area contributed by atoms with E-state index in [0.29, 0.717) is 17.4 Å². The van der Waals surface area contributed by atoms with Crippen molar-refractivity contribution in [2.24, 2.45) is 5.92 Å². The van der Waals surface area contributed by atoms with Crippen molar-refractivity contribution >= 4 is 12.0 Å². The Morgan fingerprint density at radius 1 is 1.11 bits per heavy atom. The summed E-state index contributed by atoms with van der Waals surface area (Å²) in [5.41, 5.74) is 1.58. The number of rotatable bonds is 4. The van der Waals surface area contributed by atoms with E-state index in [1.54, 1.807) is 0 Å². The van der Waals surface area contributed by atoms with Crippen molar-refractivity contribution in [1.82, 2.24) is 20.2 Å². The Morgan fingerprint density at radius 3 is 2.44 bits per heavy atom. The van der Waals surface area contributed by atoms with Crippen molar-refractivity contribution in [3.05, 3.63) is 59.7 Å². The smallest absolute Gasteiger partial charge is 0.415 e. The van der Waals surface area contributed by atoms with Crippen LogP contribution in [0.5, 0.6) is 11.5 Å². The normalized spacial score (nSPS) is 15.4. The van der Waals surface area contributed by atoms with Gasteiger partial charge in [0.15, 0.2) is 6.10 Å². The summed E-state index contributed by atoms with van der Waals surface area (Å²) in [5, 5.41) is 14.5. The molecule has 0 unspecified atom stereocenters. The number of carbonyl (C=O) groups excluding carboxylic acids is 1. The maximum atomic E-state index is 12.5. The highest BCUT2D eigenvalue weighted by molar-refractivity contribution is 5.82. The van der Waals surface area contributed by atoms with Crippen molar-refractivity contribution in [2.75, 3.05) is 5.32 Å². The summed E-state index contributed by atoms with van der Waals surface area (Å²) in [7, 11) is 0. The summed E-state index contributed by atoms with van der Waals surface area (Å²) < 4.78 is 11.6. The van der Waals surface area contributed by atoms with Gasteiger partial charge in [0.2, 0.25) is 0 Å². The Balaban J connectivity index is 1.35. The zero-order chi connectivity index (χ0) is 18.2. The Kier molecular flexibility index (Phi) is 3.74. The monoisotopic (exact) mass is 363 g/mol. The average Bonchev–Trinajstić information content (AvgIpc) is 3.39. The number of tetrazole rings is 1. The van der Waals surface area contributed by atoms with Crippen molar-refractivity contribution in [2.45, 2.75) is 25.5 Å². The summed E-state index contributed by atoms with van der Waals surface area (Å²) >= 11 is 0. The molecule has 1 fully saturated rings. The van der Waals surface area contributed by atoms with E-state index in [4.69, 9.17) is 9.47 Å². The van der Waals surface area contributed by atoms with Crippen LogP contribution in [0, 0.1) is 5.92 Å². The predicted octanol–water partition coefficient (Wildman–Crippen LogP) is 3.53. The fourth-order valence-corrected chi connectivity index (χ4v) is 3.12. The first kappa shape index (κ1) is 15.8. The predicted molar refractivity (Wildman–Crippen MR) is 95.4 cm³/mol. The van der Waals surface area contributed by atoms with Gasteiger partial charge in [-0.2, -0.15) is 4.80 Å². The molecular weight excluding hydrogens is 346 g/mol. The highest BCUT2D eigenvalue weighted by atomic mass is 16.6. The molecule has 1 N–H and O–H groups in total. The van der Waals surface area contributed by atoms with Crippen molar-refractivity contribution < 1.29 is 14.3 Å². The number of ether oxygens (including phenoxy) is 2. The van der Waals surface area contributed by atoms with Crippen LogP contribution in [0.15, 0.2) is 48.5 Å². The van der Waals surface area contributed by atoms with Crippen LogP contribution in [0.2, 0.25) is 0 Å². The van der Waals surface area contributed by atoms with Gasteiger partial charge < -0.3 is 9.47 Å². The lowest BCUT2D eigenvalue weighted by Gasteiger charge is -2.27. The minimum absolute atomic E-state index is 0.134. The molecule has 27 heavy (non-hydrogen) atoms. The molecule has 1 saturated carbocycles. The Morgan fingerprint density at radius 2 is 1.78 bits per heavy atom. The van der Waals surface area contributed by atoms with Crippen molar-refractivity contribution in [3.8, 4) is 11.5 Å². The van der Waals surface area contributed by atoms with E-state index in [1.807, 2.05) is 48.5 Å². The van der Waals surface area contributed by atoms with Gasteiger partial charge in [-0.1, -0.05) is 41.5 Å². The molecule has 0 spiro atoms. The molecular formula is C19H17N5O3. The van der Waals surface area contributed by atoms with E-state index in [9.17, 15) is 4.79 Å². The molecule has 8 nitrogen and oxygen atoms in total. The number of para-hydroxylation sites is 2. The van der Waals surface area contributed by atoms with Gasteiger partial charge in [0, 0.05) is 11.1 Å². The van der Waals surface area contributed by atoms with Crippen LogP contribution >= 0.6 is 0 Å². The molecule has 0 radical (unpaired) electrons. The Labute approximate surface area is 155 Å². The third-order valence-electron chi connectivity index (χ3n) is 4.63. The first-order valence-corrected chi connectivity index (χ1v) is 8.87. The van der Waals surface area contributed by atoms with E-state index in [-0.39, 0.29) is 5.95 Å². The molecule has 136 valence electrons. The second-order valence-electron chi connectivity index (χ2n) is 6.70. The summed E-state index contributed by atoms with van der Waals surface area (Å²) in [6.45, 7) is 0.727. The fraction of sp³-hybridized carbons (Fsp3) is 0.263. The van der Waals surface area contributed by atoms with Crippen molar-refractivity contribution in [3.63, 3.8) is 0 Å². The summed E-state index contributed by atoms with van der Waals surface area (Å²) in [4.78, 5) is 14.0. The minimum Gasteiger partial charge on any atom is -0.456 e. The molecule has 2 aliphatic rings. The molecule has 1 aliphatic heterocycles. The number of hydrogen-bond donors (Lipinski definition) is 1. The van der Waals surface area contributed by atoms with Gasteiger partial charge in [0.05, 0.1) is 6.54 Å². The Bertz CT molecular complexity index is 953. The molecule has 0 atom stereocenters. The van der Waals surface area contributed by atoms with E-state index in [2.05, 4.69) is 20.7 Å². The maximum Gasteiger partial charge on any atom is 0.415 e. The number of anilines is 1. The van der Waals surface area contributed by atoms with E-state index < -0.39 is 12.2 Å². The van der Waals surface area contributed by atoms with Crippen LogP contribution in [-0.4, -0.2) is 26.3 Å². The second-order valence-corrected chi connectivity index (χ2v) is 6.70. The van der Waals surface area contributed by atoms with Crippen LogP contribution in [0.25, 0.3) is 0 Å². The van der Waals surface area contributed by atoms with Gasteiger partial charge in [0.25, 0.3) is 5.95 Å². The minimum atomic E-state index is -0.641. The highest BCUT2D eigenvalue weighted by Crippen LogP contribution is 2.44. The molecule has 2 heterocycles. The lowest BCUT2D eigenvalue weighted by Crippen LogP contribution is -2.21.